The molecule has 0 aliphatic carbocycles. The Bertz CT molecular complexity index is 1120. The van der Waals surface area contributed by atoms with E-state index in [1.165, 1.54) is 0 Å². The zero-order chi connectivity index (χ0) is 24.6. The molecule has 176 valence electrons. The molecule has 0 aromatic heterocycles. The van der Waals surface area contributed by atoms with Crippen molar-refractivity contribution in [1.82, 2.24) is 5.32 Å². The Hall–Kier alpha value is -4.13. The van der Waals surface area contributed by atoms with Gasteiger partial charge in [-0.1, -0.05) is 42.5 Å². The Labute approximate surface area is 199 Å². The maximum absolute atomic E-state index is 12.6. The number of benzene rings is 3. The molecule has 0 heterocycles. The summed E-state index contributed by atoms with van der Waals surface area (Å²) in [6.07, 6.45) is -0.452. The van der Waals surface area contributed by atoms with E-state index in [0.29, 0.717) is 16.9 Å². The predicted octanol–water partition coefficient (Wildman–Crippen LogP) is 5.46. The van der Waals surface area contributed by atoms with Crippen molar-refractivity contribution in [3.63, 3.8) is 0 Å². The molecule has 0 atom stereocenters. The summed E-state index contributed by atoms with van der Waals surface area (Å²) in [7, 11) is 0. The Morgan fingerprint density at radius 2 is 1.29 bits per heavy atom. The van der Waals surface area contributed by atoms with Crippen molar-refractivity contribution in [2.45, 2.75) is 32.8 Å². The number of hydrogen-bond donors (Lipinski definition) is 3. The molecule has 3 N–H and O–H groups in total. The van der Waals surface area contributed by atoms with E-state index in [2.05, 4.69) is 16.0 Å². The second-order valence-corrected chi connectivity index (χ2v) is 8.70. The van der Waals surface area contributed by atoms with Crippen molar-refractivity contribution in [2.75, 3.05) is 17.2 Å². The number of nitrogens with one attached hydrogen (secondary N) is 3. The summed E-state index contributed by atoms with van der Waals surface area (Å²) in [6.45, 7) is 5.48. The normalized spacial score (nSPS) is 10.8. The van der Waals surface area contributed by atoms with Gasteiger partial charge in [0.05, 0.1) is 0 Å². The lowest BCUT2D eigenvalue weighted by atomic mass is 10.0. The third-order valence-electron chi connectivity index (χ3n) is 4.70. The van der Waals surface area contributed by atoms with Crippen LogP contribution in [0.25, 0.3) is 11.1 Å². The number of alkyl carbamates (subject to hydrolysis) is 1. The summed E-state index contributed by atoms with van der Waals surface area (Å²) in [5, 5.41) is 8.15. The molecular formula is C27H29N3O4. The van der Waals surface area contributed by atoms with Crippen LogP contribution in [0.5, 0.6) is 0 Å². The Balaban J connectivity index is 1.46. The lowest BCUT2D eigenvalue weighted by molar-refractivity contribution is -0.116. The van der Waals surface area contributed by atoms with E-state index in [1.54, 1.807) is 57.2 Å². The summed E-state index contributed by atoms with van der Waals surface area (Å²) >= 11 is 0. The molecule has 7 heteroatoms. The summed E-state index contributed by atoms with van der Waals surface area (Å²) in [4.78, 5) is 36.3. The molecule has 0 saturated heterocycles. The SMILES string of the molecule is CC(C)(C)OC(=O)NCCC(=O)Nc1ccc(NC(=O)c2ccc(-c3ccccc3)cc2)cc1. The Morgan fingerprint density at radius 3 is 1.88 bits per heavy atom. The van der Waals surface area contributed by atoms with E-state index < -0.39 is 11.7 Å². The topological polar surface area (TPSA) is 96.5 Å². The minimum Gasteiger partial charge on any atom is -0.444 e. The van der Waals surface area contributed by atoms with Gasteiger partial charge in [-0.25, -0.2) is 4.79 Å². The monoisotopic (exact) mass is 459 g/mol. The zero-order valence-corrected chi connectivity index (χ0v) is 19.6. The molecule has 0 unspecified atom stereocenters. The van der Waals surface area contributed by atoms with Gasteiger partial charge in [-0.3, -0.25) is 9.59 Å². The predicted molar refractivity (Wildman–Crippen MR) is 134 cm³/mol. The molecule has 3 aromatic rings. The van der Waals surface area contributed by atoms with Crippen LogP contribution in [0.2, 0.25) is 0 Å². The quantitative estimate of drug-likeness (QED) is 0.437. The second-order valence-electron chi connectivity index (χ2n) is 8.70. The fourth-order valence-electron chi connectivity index (χ4n) is 3.10. The molecule has 0 fully saturated rings. The molecule has 34 heavy (non-hydrogen) atoms. The minimum absolute atomic E-state index is 0.108. The zero-order valence-electron chi connectivity index (χ0n) is 19.6. The van der Waals surface area contributed by atoms with Crippen LogP contribution in [-0.2, 0) is 9.53 Å². The molecular weight excluding hydrogens is 430 g/mol. The summed E-state index contributed by atoms with van der Waals surface area (Å²) < 4.78 is 5.12. The number of carbonyl (C=O) groups is 3. The second kappa shape index (κ2) is 11.1. The molecule has 0 aliphatic heterocycles. The van der Waals surface area contributed by atoms with Gasteiger partial charge < -0.3 is 20.7 Å². The highest BCUT2D eigenvalue weighted by Crippen LogP contribution is 2.20. The van der Waals surface area contributed by atoms with Crippen molar-refractivity contribution in [3.05, 3.63) is 84.4 Å². The standard InChI is InChI=1S/C27H29N3O4/c1-27(2,3)34-26(33)28-18-17-24(31)29-22-13-15-23(16-14-22)30-25(32)21-11-9-20(10-12-21)19-7-5-4-6-8-19/h4-16H,17-18H2,1-3H3,(H,28,33)(H,29,31)(H,30,32). The maximum Gasteiger partial charge on any atom is 0.407 e. The number of rotatable bonds is 7. The molecule has 0 bridgehead atoms. The fraction of sp³-hybridized carbons (Fsp3) is 0.222. The van der Waals surface area contributed by atoms with Gasteiger partial charge in [-0.05, 0) is 68.3 Å². The number of hydrogen-bond acceptors (Lipinski definition) is 4. The largest absolute Gasteiger partial charge is 0.444 e. The summed E-state index contributed by atoms with van der Waals surface area (Å²) in [6, 6.07) is 24.2. The highest BCUT2D eigenvalue weighted by Gasteiger charge is 2.16. The highest BCUT2D eigenvalue weighted by atomic mass is 16.6. The van der Waals surface area contributed by atoms with E-state index in [9.17, 15) is 14.4 Å². The van der Waals surface area contributed by atoms with Crippen LogP contribution in [0.1, 0.15) is 37.6 Å². The van der Waals surface area contributed by atoms with Crippen LogP contribution in [0.15, 0.2) is 78.9 Å². The third kappa shape index (κ3) is 7.78. The van der Waals surface area contributed by atoms with Gasteiger partial charge in [-0.2, -0.15) is 0 Å². The van der Waals surface area contributed by atoms with Crippen LogP contribution in [0.3, 0.4) is 0 Å². The average Bonchev–Trinajstić information content (AvgIpc) is 2.80. The van der Waals surface area contributed by atoms with Crippen LogP contribution in [0, 0.1) is 0 Å². The highest BCUT2D eigenvalue weighted by molar-refractivity contribution is 6.04. The number of ether oxygens (including phenoxy) is 1. The van der Waals surface area contributed by atoms with Gasteiger partial charge in [0.1, 0.15) is 5.60 Å². The van der Waals surface area contributed by atoms with E-state index in [1.807, 2.05) is 42.5 Å². The summed E-state index contributed by atoms with van der Waals surface area (Å²) in [5.41, 5.74) is 3.30. The minimum atomic E-state index is -0.588. The van der Waals surface area contributed by atoms with Gasteiger partial charge in [0, 0.05) is 29.9 Å². The van der Waals surface area contributed by atoms with Crippen LogP contribution in [-0.4, -0.2) is 30.1 Å². The van der Waals surface area contributed by atoms with E-state index >= 15 is 0 Å². The average molecular weight is 460 g/mol. The lowest BCUT2D eigenvalue weighted by Crippen LogP contribution is -2.34. The van der Waals surface area contributed by atoms with Gasteiger partial charge in [0.2, 0.25) is 5.91 Å². The molecule has 3 rings (SSSR count). The molecule has 3 aromatic carbocycles. The number of amides is 3. The molecule has 7 nitrogen and oxygen atoms in total. The van der Waals surface area contributed by atoms with E-state index in [4.69, 9.17) is 4.74 Å². The Kier molecular flexibility index (Phi) is 8.03. The van der Waals surface area contributed by atoms with Crippen LogP contribution >= 0.6 is 0 Å². The smallest absolute Gasteiger partial charge is 0.407 e. The van der Waals surface area contributed by atoms with Gasteiger partial charge >= 0.3 is 6.09 Å². The maximum atomic E-state index is 12.6. The summed E-state index contributed by atoms with van der Waals surface area (Å²) in [5.74, 6) is -0.462. The van der Waals surface area contributed by atoms with Crippen LogP contribution < -0.4 is 16.0 Å². The van der Waals surface area contributed by atoms with Gasteiger partial charge in [0.25, 0.3) is 5.91 Å². The number of anilines is 2. The lowest BCUT2D eigenvalue weighted by Gasteiger charge is -2.19. The van der Waals surface area contributed by atoms with Gasteiger partial charge in [-0.15, -0.1) is 0 Å². The molecule has 0 aliphatic rings. The van der Waals surface area contributed by atoms with Crippen LogP contribution in [0.4, 0.5) is 16.2 Å². The molecule has 3 amide bonds. The Morgan fingerprint density at radius 1 is 0.735 bits per heavy atom. The van der Waals surface area contributed by atoms with E-state index in [0.717, 1.165) is 11.1 Å². The van der Waals surface area contributed by atoms with E-state index in [-0.39, 0.29) is 24.8 Å². The van der Waals surface area contributed by atoms with Gasteiger partial charge in [0.15, 0.2) is 0 Å². The van der Waals surface area contributed by atoms with Crippen molar-refractivity contribution in [1.29, 1.82) is 0 Å². The first kappa shape index (κ1) is 24.5. The van der Waals surface area contributed by atoms with Crippen molar-refractivity contribution >= 4 is 29.3 Å². The third-order valence-corrected chi connectivity index (χ3v) is 4.70. The van der Waals surface area contributed by atoms with Crippen molar-refractivity contribution in [2.24, 2.45) is 0 Å². The number of carbonyl (C=O) groups excluding carboxylic acids is 3. The molecule has 0 radical (unpaired) electrons. The first-order chi connectivity index (χ1) is 16.2. The van der Waals surface area contributed by atoms with Crippen molar-refractivity contribution < 1.29 is 19.1 Å². The first-order valence-electron chi connectivity index (χ1n) is 11.0. The molecule has 0 spiro atoms. The molecule has 0 saturated carbocycles. The fourth-order valence-corrected chi connectivity index (χ4v) is 3.10. The van der Waals surface area contributed by atoms with Crippen molar-refractivity contribution in [3.8, 4) is 11.1 Å². The first-order valence-corrected chi connectivity index (χ1v) is 11.0.